The van der Waals surface area contributed by atoms with Crippen LogP contribution < -0.4 is 0 Å². The van der Waals surface area contributed by atoms with Gasteiger partial charge in [0.05, 0.1) is 0 Å². The molecule has 0 aromatic rings. The second-order valence-electron chi connectivity index (χ2n) is 3.56. The van der Waals surface area contributed by atoms with Gasteiger partial charge in [-0.05, 0) is 26.7 Å². The minimum absolute atomic E-state index is 0.0128. The first-order chi connectivity index (χ1) is 5.54. The van der Waals surface area contributed by atoms with Crippen molar-refractivity contribution < 1.29 is 4.39 Å². The predicted octanol–water partition coefficient (Wildman–Crippen LogP) is 3.51. The van der Waals surface area contributed by atoms with Crippen molar-refractivity contribution in [2.45, 2.75) is 32.9 Å². The molecule has 0 radical (unpaired) electrons. The maximum Gasteiger partial charge on any atom is 0.137 e. The Morgan fingerprint density at radius 3 is 2.75 bits per heavy atom. The Morgan fingerprint density at radius 1 is 1.67 bits per heavy atom. The summed E-state index contributed by atoms with van der Waals surface area (Å²) in [5.74, 6) is -0.0128. The van der Waals surface area contributed by atoms with Crippen molar-refractivity contribution in [3.05, 3.63) is 22.6 Å². The number of allylic oxidation sites excluding steroid dienone is 3. The maximum atomic E-state index is 13.5. The highest BCUT2D eigenvalue weighted by molar-refractivity contribution is 7.84. The van der Waals surface area contributed by atoms with Gasteiger partial charge in [0.25, 0.3) is 0 Å². The molecule has 0 saturated heterocycles. The monoisotopic (exact) mass is 186 g/mol. The average molecular weight is 186 g/mol. The summed E-state index contributed by atoms with van der Waals surface area (Å²) in [6.45, 7) is 7.63. The van der Waals surface area contributed by atoms with Crippen LogP contribution in [0.25, 0.3) is 0 Å². The Bertz CT molecular complexity index is 230. The van der Waals surface area contributed by atoms with E-state index >= 15 is 0 Å². The molecule has 1 aliphatic rings. The van der Waals surface area contributed by atoms with Gasteiger partial charge in [0.15, 0.2) is 0 Å². The highest BCUT2D eigenvalue weighted by atomic mass is 32.1. The number of halogens is 1. The molecule has 0 saturated carbocycles. The zero-order chi connectivity index (χ0) is 9.30. The van der Waals surface area contributed by atoms with Crippen molar-refractivity contribution in [3.8, 4) is 0 Å². The number of hydrogen-bond acceptors (Lipinski definition) is 1. The summed E-state index contributed by atoms with van der Waals surface area (Å²) >= 11 is 4.17. The van der Waals surface area contributed by atoms with Crippen molar-refractivity contribution in [3.63, 3.8) is 0 Å². The molecule has 0 aliphatic heterocycles. The molecule has 1 rings (SSSR count). The number of alkyl halides is 1. The Morgan fingerprint density at radius 2 is 2.25 bits per heavy atom. The molecule has 0 fully saturated rings. The largest absolute Gasteiger partial charge is 0.241 e. The summed E-state index contributed by atoms with van der Waals surface area (Å²) in [4.78, 5) is 0.620. The second kappa shape index (κ2) is 3.65. The van der Waals surface area contributed by atoms with Gasteiger partial charge >= 0.3 is 0 Å². The fourth-order valence-electron chi connectivity index (χ4n) is 1.57. The Hall–Kier alpha value is -0.240. The van der Waals surface area contributed by atoms with E-state index < -0.39 is 6.17 Å². The predicted molar refractivity (Wildman–Crippen MR) is 54.1 cm³/mol. The molecule has 68 valence electrons. The van der Waals surface area contributed by atoms with Crippen molar-refractivity contribution >= 4 is 12.6 Å². The van der Waals surface area contributed by atoms with Gasteiger partial charge in [-0.1, -0.05) is 17.7 Å². The molecule has 0 aromatic carbocycles. The minimum Gasteiger partial charge on any atom is -0.241 e. The zero-order valence-corrected chi connectivity index (χ0v) is 8.50. The third kappa shape index (κ3) is 1.74. The molecule has 1 aliphatic carbocycles. The van der Waals surface area contributed by atoms with Gasteiger partial charge in [-0.25, -0.2) is 4.39 Å². The molecule has 0 N–H and O–H groups in total. The smallest absolute Gasteiger partial charge is 0.137 e. The Labute approximate surface area is 79.0 Å². The van der Waals surface area contributed by atoms with Gasteiger partial charge < -0.3 is 0 Å². The van der Waals surface area contributed by atoms with E-state index in [9.17, 15) is 4.39 Å². The van der Waals surface area contributed by atoms with Crippen molar-refractivity contribution in [2.24, 2.45) is 5.92 Å². The summed E-state index contributed by atoms with van der Waals surface area (Å²) in [5, 5.41) is 0. The molecule has 0 bridgehead atoms. The molecule has 0 spiro atoms. The van der Waals surface area contributed by atoms with E-state index in [0.29, 0.717) is 4.91 Å². The van der Waals surface area contributed by atoms with Crippen LogP contribution >= 0.6 is 12.6 Å². The third-order valence-electron chi connectivity index (χ3n) is 2.52. The van der Waals surface area contributed by atoms with Gasteiger partial charge in [0.1, 0.15) is 6.17 Å². The highest BCUT2D eigenvalue weighted by Gasteiger charge is 2.28. The van der Waals surface area contributed by atoms with Gasteiger partial charge in [0, 0.05) is 10.8 Å². The fraction of sp³-hybridized carbons (Fsp3) is 0.600. The minimum atomic E-state index is -0.917. The molecule has 1 unspecified atom stereocenters. The highest BCUT2D eigenvalue weighted by Crippen LogP contribution is 2.36. The third-order valence-corrected chi connectivity index (χ3v) is 3.14. The van der Waals surface area contributed by atoms with E-state index in [0.717, 1.165) is 24.0 Å². The Kier molecular flexibility index (Phi) is 2.99. The summed E-state index contributed by atoms with van der Waals surface area (Å²) < 4.78 is 13.5. The van der Waals surface area contributed by atoms with Crippen LogP contribution in [0.15, 0.2) is 22.6 Å². The molecular formula is C10H15FS. The SMILES string of the molecule is C=C(C)[C@@H]1CCC(C)=C(S)C1F. The zero-order valence-electron chi connectivity index (χ0n) is 7.60. The van der Waals surface area contributed by atoms with E-state index in [1.807, 2.05) is 13.8 Å². The normalized spacial score (nSPS) is 30.7. The Balaban J connectivity index is 2.83. The lowest BCUT2D eigenvalue weighted by Gasteiger charge is -2.27. The van der Waals surface area contributed by atoms with E-state index in [1.54, 1.807) is 0 Å². The van der Waals surface area contributed by atoms with E-state index in [-0.39, 0.29) is 5.92 Å². The molecule has 2 atom stereocenters. The fourth-order valence-corrected chi connectivity index (χ4v) is 1.86. The molecular weight excluding hydrogens is 171 g/mol. The standard InChI is InChI=1S/C10H15FS/c1-6(2)8-5-4-7(3)10(12)9(8)11/h8-9,12H,1,4-5H2,2-3H3/t8-,9?/m0/s1. The van der Waals surface area contributed by atoms with Crippen LogP contribution in [0, 0.1) is 5.92 Å². The molecule has 0 heterocycles. The molecule has 12 heavy (non-hydrogen) atoms. The van der Waals surface area contributed by atoms with Gasteiger partial charge in [-0.3, -0.25) is 0 Å². The van der Waals surface area contributed by atoms with Crippen LogP contribution in [0.3, 0.4) is 0 Å². The van der Waals surface area contributed by atoms with Crippen LogP contribution in [0.5, 0.6) is 0 Å². The van der Waals surface area contributed by atoms with Crippen molar-refractivity contribution in [1.82, 2.24) is 0 Å². The number of thiol groups is 1. The first-order valence-electron chi connectivity index (χ1n) is 4.22. The number of hydrogen-bond donors (Lipinski definition) is 1. The number of rotatable bonds is 1. The summed E-state index contributed by atoms with van der Waals surface area (Å²) in [6.07, 6.45) is 0.919. The van der Waals surface area contributed by atoms with E-state index in [4.69, 9.17) is 0 Å². The van der Waals surface area contributed by atoms with Crippen molar-refractivity contribution in [2.75, 3.05) is 0 Å². The first kappa shape index (κ1) is 9.85. The second-order valence-corrected chi connectivity index (χ2v) is 4.04. The summed E-state index contributed by atoms with van der Waals surface area (Å²) in [7, 11) is 0. The lowest BCUT2D eigenvalue weighted by atomic mass is 9.84. The maximum absolute atomic E-state index is 13.5. The first-order valence-corrected chi connectivity index (χ1v) is 4.67. The average Bonchev–Trinajstić information content (AvgIpc) is 2.00. The molecule has 0 nitrogen and oxygen atoms in total. The lowest BCUT2D eigenvalue weighted by molar-refractivity contribution is 0.280. The van der Waals surface area contributed by atoms with E-state index in [2.05, 4.69) is 19.2 Å². The van der Waals surface area contributed by atoms with Gasteiger partial charge in [-0.15, -0.1) is 12.6 Å². The van der Waals surface area contributed by atoms with Crippen LogP contribution in [0.4, 0.5) is 4.39 Å². The van der Waals surface area contributed by atoms with Crippen LogP contribution in [-0.2, 0) is 0 Å². The van der Waals surface area contributed by atoms with Gasteiger partial charge in [-0.2, -0.15) is 0 Å². The molecule has 2 heteroatoms. The van der Waals surface area contributed by atoms with Crippen LogP contribution in [0.1, 0.15) is 26.7 Å². The molecule has 0 aromatic heterocycles. The lowest BCUT2D eigenvalue weighted by Crippen LogP contribution is -2.22. The van der Waals surface area contributed by atoms with Gasteiger partial charge in [0.2, 0.25) is 0 Å². The summed E-state index contributed by atoms with van der Waals surface area (Å²) in [5.41, 5.74) is 2.02. The van der Waals surface area contributed by atoms with Crippen LogP contribution in [-0.4, -0.2) is 6.17 Å². The quantitative estimate of drug-likeness (QED) is 0.470. The molecule has 0 amide bonds. The van der Waals surface area contributed by atoms with Crippen LogP contribution in [0.2, 0.25) is 0 Å². The summed E-state index contributed by atoms with van der Waals surface area (Å²) in [6, 6.07) is 0. The van der Waals surface area contributed by atoms with Crippen molar-refractivity contribution in [1.29, 1.82) is 0 Å². The van der Waals surface area contributed by atoms with E-state index in [1.165, 1.54) is 0 Å². The topological polar surface area (TPSA) is 0 Å².